The van der Waals surface area contributed by atoms with Gasteiger partial charge in [-0.05, 0) is 44.4 Å². The molecule has 0 atom stereocenters. The van der Waals surface area contributed by atoms with Crippen LogP contribution in [-0.4, -0.2) is 43.3 Å². The monoisotopic (exact) mass is 470 g/mol. The Kier molecular flexibility index (Phi) is 12.6. The molecule has 0 fully saturated rings. The molecule has 7 nitrogen and oxygen atoms in total. The average Bonchev–Trinajstić information content (AvgIpc) is 2.85. The molecule has 0 amide bonds. The minimum atomic E-state index is -0.475. The van der Waals surface area contributed by atoms with Crippen molar-refractivity contribution in [1.29, 1.82) is 0 Å². The maximum absolute atomic E-state index is 12.7. The number of benzene rings is 2. The van der Waals surface area contributed by atoms with Crippen LogP contribution in [0.2, 0.25) is 0 Å². The Balaban J connectivity index is 2.21. The van der Waals surface area contributed by atoms with E-state index in [9.17, 15) is 4.79 Å². The molecule has 2 aromatic rings. The molecule has 3 N–H and O–H groups in total. The van der Waals surface area contributed by atoms with E-state index in [-0.39, 0.29) is 13.2 Å². The topological polar surface area (TPSA) is 103 Å². The second kappa shape index (κ2) is 15.7. The number of nitrogens with two attached hydrogens (primary N) is 1. The number of unbranched alkanes of at least 4 members (excludes halogenated alkanes) is 5. The van der Waals surface area contributed by atoms with E-state index in [1.807, 2.05) is 37.3 Å². The molecule has 0 aliphatic carbocycles. The number of aliphatic imine (C=N–C) groups is 1. The minimum Gasteiger partial charge on any atom is -0.493 e. The van der Waals surface area contributed by atoms with E-state index in [4.69, 9.17) is 25.1 Å². The lowest BCUT2D eigenvalue weighted by Gasteiger charge is -2.17. The van der Waals surface area contributed by atoms with Gasteiger partial charge in [0.2, 0.25) is 0 Å². The van der Waals surface area contributed by atoms with Crippen LogP contribution in [0.25, 0.3) is 0 Å². The summed E-state index contributed by atoms with van der Waals surface area (Å²) in [6.07, 6.45) is 6.00. The summed E-state index contributed by atoms with van der Waals surface area (Å²) >= 11 is 0. The van der Waals surface area contributed by atoms with Gasteiger partial charge in [-0.15, -0.1) is 0 Å². The predicted octanol–water partition coefficient (Wildman–Crippen LogP) is 4.88. The molecular formula is C27H38N2O5. The van der Waals surface area contributed by atoms with Crippen molar-refractivity contribution >= 4 is 11.8 Å². The van der Waals surface area contributed by atoms with Crippen molar-refractivity contribution in [2.24, 2.45) is 10.7 Å². The second-order valence-corrected chi connectivity index (χ2v) is 7.89. The van der Waals surface area contributed by atoms with Crippen LogP contribution < -0.4 is 15.2 Å². The van der Waals surface area contributed by atoms with Gasteiger partial charge in [-0.1, -0.05) is 56.0 Å². The van der Waals surface area contributed by atoms with Gasteiger partial charge in [0.25, 0.3) is 0 Å². The first-order chi connectivity index (χ1) is 16.6. The zero-order valence-corrected chi connectivity index (χ0v) is 20.4. The number of hydrogen-bond acceptors (Lipinski definition) is 6. The summed E-state index contributed by atoms with van der Waals surface area (Å²) in [6.45, 7) is 5.50. The Morgan fingerprint density at radius 1 is 0.912 bits per heavy atom. The molecule has 7 heteroatoms. The summed E-state index contributed by atoms with van der Waals surface area (Å²) in [5.41, 5.74) is 8.12. The highest BCUT2D eigenvalue weighted by molar-refractivity contribution is 6.03. The fourth-order valence-corrected chi connectivity index (χ4v) is 3.46. The molecule has 0 aromatic heterocycles. The van der Waals surface area contributed by atoms with Crippen LogP contribution in [0.4, 0.5) is 0 Å². The smallest absolute Gasteiger partial charge is 0.342 e. The molecular weight excluding hydrogens is 432 g/mol. The Labute approximate surface area is 202 Å². The lowest BCUT2D eigenvalue weighted by Crippen LogP contribution is -2.18. The molecule has 0 bridgehead atoms. The fourth-order valence-electron chi connectivity index (χ4n) is 3.46. The van der Waals surface area contributed by atoms with E-state index >= 15 is 0 Å². The molecule has 2 rings (SSSR count). The largest absolute Gasteiger partial charge is 0.493 e. The molecule has 0 saturated carbocycles. The highest BCUT2D eigenvalue weighted by atomic mass is 16.5. The number of esters is 1. The van der Waals surface area contributed by atoms with Crippen molar-refractivity contribution in [2.45, 2.75) is 59.0 Å². The van der Waals surface area contributed by atoms with Crippen LogP contribution in [0.3, 0.4) is 0 Å². The van der Waals surface area contributed by atoms with Crippen molar-refractivity contribution in [3.05, 3.63) is 59.2 Å². The van der Waals surface area contributed by atoms with Crippen molar-refractivity contribution in [3.63, 3.8) is 0 Å². The molecule has 2 aromatic carbocycles. The lowest BCUT2D eigenvalue weighted by atomic mass is 10.1. The van der Waals surface area contributed by atoms with Gasteiger partial charge < -0.3 is 25.1 Å². The summed E-state index contributed by atoms with van der Waals surface area (Å²) < 4.78 is 17.3. The SMILES string of the molecule is CCN=C(N)c1cc(OCc2ccccc2)c(C(=O)OCC)cc1OCCCCCCCCO. The first kappa shape index (κ1) is 27.2. The van der Waals surface area contributed by atoms with Crippen LogP contribution in [0.1, 0.15) is 73.9 Å². The molecule has 34 heavy (non-hydrogen) atoms. The number of ether oxygens (including phenoxy) is 3. The number of carbonyl (C=O) groups is 1. The third-order valence-electron chi connectivity index (χ3n) is 5.23. The second-order valence-electron chi connectivity index (χ2n) is 7.89. The third kappa shape index (κ3) is 9.06. The number of rotatable bonds is 16. The van der Waals surface area contributed by atoms with Crippen molar-refractivity contribution in [2.75, 3.05) is 26.4 Å². The Morgan fingerprint density at radius 2 is 1.56 bits per heavy atom. The van der Waals surface area contributed by atoms with E-state index in [0.717, 1.165) is 44.1 Å². The van der Waals surface area contributed by atoms with Crippen molar-refractivity contribution in [3.8, 4) is 11.5 Å². The molecule has 0 radical (unpaired) electrons. The van der Waals surface area contributed by atoms with Gasteiger partial charge in [0.05, 0.1) is 18.8 Å². The summed E-state index contributed by atoms with van der Waals surface area (Å²) in [7, 11) is 0. The van der Waals surface area contributed by atoms with Crippen LogP contribution in [0.5, 0.6) is 11.5 Å². The molecule has 0 aliphatic heterocycles. The van der Waals surface area contributed by atoms with E-state index in [1.54, 1.807) is 19.1 Å². The zero-order chi connectivity index (χ0) is 24.6. The van der Waals surface area contributed by atoms with Gasteiger partial charge in [-0.3, -0.25) is 4.99 Å². The Hall–Kier alpha value is -3.06. The summed E-state index contributed by atoms with van der Waals surface area (Å²) in [4.78, 5) is 17.0. The quantitative estimate of drug-likeness (QED) is 0.157. The predicted molar refractivity (Wildman–Crippen MR) is 135 cm³/mol. The highest BCUT2D eigenvalue weighted by Gasteiger charge is 2.21. The normalized spacial score (nSPS) is 11.3. The number of amidine groups is 1. The minimum absolute atomic E-state index is 0.250. The van der Waals surface area contributed by atoms with Gasteiger partial charge in [-0.25, -0.2) is 4.79 Å². The van der Waals surface area contributed by atoms with E-state index < -0.39 is 5.97 Å². The van der Waals surface area contributed by atoms with Crippen molar-refractivity contribution in [1.82, 2.24) is 0 Å². The van der Waals surface area contributed by atoms with Crippen molar-refractivity contribution < 1.29 is 24.1 Å². The number of nitrogens with zero attached hydrogens (tertiary/aromatic N) is 1. The molecule has 0 heterocycles. The highest BCUT2D eigenvalue weighted by Crippen LogP contribution is 2.31. The molecule has 0 saturated heterocycles. The lowest BCUT2D eigenvalue weighted by molar-refractivity contribution is 0.0520. The van der Waals surface area contributed by atoms with Crippen LogP contribution >= 0.6 is 0 Å². The average molecular weight is 471 g/mol. The summed E-state index contributed by atoms with van der Waals surface area (Å²) in [5.74, 6) is 0.728. The third-order valence-corrected chi connectivity index (χ3v) is 5.23. The first-order valence-corrected chi connectivity index (χ1v) is 12.2. The Morgan fingerprint density at radius 3 is 2.24 bits per heavy atom. The van der Waals surface area contributed by atoms with Crippen LogP contribution in [0, 0.1) is 0 Å². The van der Waals surface area contributed by atoms with E-state index in [2.05, 4.69) is 4.99 Å². The number of hydrogen-bond donors (Lipinski definition) is 2. The standard InChI is InChI=1S/C27H38N2O5/c1-3-29-26(28)22-18-25(34-20-21-14-10-9-11-15-21)23(27(31)32-4-2)19-24(22)33-17-13-8-6-5-7-12-16-30/h9-11,14-15,18-19,30H,3-8,12-13,16-17,20H2,1-2H3,(H2,28,29). The Bertz CT molecular complexity index is 899. The molecule has 186 valence electrons. The van der Waals surface area contributed by atoms with Crippen LogP contribution in [0.15, 0.2) is 47.5 Å². The molecule has 0 unspecified atom stereocenters. The van der Waals surface area contributed by atoms with Gasteiger partial charge in [-0.2, -0.15) is 0 Å². The number of aliphatic hydroxyl groups is 1. The maximum atomic E-state index is 12.7. The zero-order valence-electron chi connectivity index (χ0n) is 20.4. The summed E-state index contributed by atoms with van der Waals surface area (Å²) in [6, 6.07) is 13.1. The van der Waals surface area contributed by atoms with E-state index in [0.29, 0.717) is 48.2 Å². The molecule has 0 spiro atoms. The summed E-state index contributed by atoms with van der Waals surface area (Å²) in [5, 5.41) is 8.87. The van der Waals surface area contributed by atoms with E-state index in [1.165, 1.54) is 0 Å². The number of aliphatic hydroxyl groups excluding tert-OH is 1. The fraction of sp³-hybridized carbons (Fsp3) is 0.481. The maximum Gasteiger partial charge on any atom is 0.342 e. The van der Waals surface area contributed by atoms with Gasteiger partial charge >= 0.3 is 5.97 Å². The van der Waals surface area contributed by atoms with Gasteiger partial charge in [0.1, 0.15) is 29.5 Å². The first-order valence-electron chi connectivity index (χ1n) is 12.2. The van der Waals surface area contributed by atoms with Crippen LogP contribution in [-0.2, 0) is 11.3 Å². The molecule has 0 aliphatic rings. The van der Waals surface area contributed by atoms with Gasteiger partial charge in [0.15, 0.2) is 0 Å². The van der Waals surface area contributed by atoms with Gasteiger partial charge in [0, 0.05) is 13.2 Å². The number of carbonyl (C=O) groups excluding carboxylic acids is 1.